The molecule has 1 aromatic heterocycles. The van der Waals surface area contributed by atoms with E-state index in [1.165, 1.54) is 5.56 Å². The summed E-state index contributed by atoms with van der Waals surface area (Å²) >= 11 is 0. The van der Waals surface area contributed by atoms with Crippen LogP contribution in [0.2, 0.25) is 0 Å². The van der Waals surface area contributed by atoms with E-state index in [9.17, 15) is 5.11 Å². The maximum atomic E-state index is 9.70. The number of benzene rings is 1. The first-order valence-corrected chi connectivity index (χ1v) is 7.72. The Bertz CT molecular complexity index is 581. The Labute approximate surface area is 125 Å². The smallest absolute Gasteiger partial charge is 0.0614 e. The maximum Gasteiger partial charge on any atom is 0.0614 e. The van der Waals surface area contributed by atoms with Crippen molar-refractivity contribution in [3.63, 3.8) is 0 Å². The van der Waals surface area contributed by atoms with Crippen LogP contribution in [0.5, 0.6) is 0 Å². The Morgan fingerprint density at radius 2 is 2.14 bits per heavy atom. The van der Waals surface area contributed by atoms with Gasteiger partial charge in [0.15, 0.2) is 0 Å². The SMILES string of the molecule is CCNC1(CO)CCC(n2cc(-c3ccccc3)cn2)C1. The summed E-state index contributed by atoms with van der Waals surface area (Å²) < 4.78 is 2.07. The minimum atomic E-state index is -0.127. The fourth-order valence-electron chi connectivity index (χ4n) is 3.38. The first-order chi connectivity index (χ1) is 10.3. The van der Waals surface area contributed by atoms with Crippen LogP contribution in [-0.4, -0.2) is 33.6 Å². The quantitative estimate of drug-likeness (QED) is 0.888. The Morgan fingerprint density at radius 1 is 1.33 bits per heavy atom. The predicted octanol–water partition coefficient (Wildman–Crippen LogP) is 2.62. The topological polar surface area (TPSA) is 50.1 Å². The van der Waals surface area contributed by atoms with Crippen LogP contribution in [0.3, 0.4) is 0 Å². The van der Waals surface area contributed by atoms with Gasteiger partial charge in [-0.15, -0.1) is 0 Å². The van der Waals surface area contributed by atoms with Crippen molar-refractivity contribution in [2.45, 2.75) is 37.8 Å². The van der Waals surface area contributed by atoms with Crippen molar-refractivity contribution in [3.8, 4) is 11.1 Å². The molecule has 0 amide bonds. The molecule has 0 bridgehead atoms. The molecule has 21 heavy (non-hydrogen) atoms. The van der Waals surface area contributed by atoms with Crippen LogP contribution in [0.25, 0.3) is 11.1 Å². The lowest BCUT2D eigenvalue weighted by Crippen LogP contribution is -2.46. The molecule has 0 saturated heterocycles. The van der Waals surface area contributed by atoms with E-state index in [0.717, 1.165) is 31.4 Å². The maximum absolute atomic E-state index is 9.70. The monoisotopic (exact) mass is 285 g/mol. The highest BCUT2D eigenvalue weighted by atomic mass is 16.3. The molecule has 1 heterocycles. The molecular formula is C17H23N3O. The summed E-state index contributed by atoms with van der Waals surface area (Å²) in [5.41, 5.74) is 2.22. The van der Waals surface area contributed by atoms with Crippen LogP contribution in [0, 0.1) is 0 Å². The van der Waals surface area contributed by atoms with Crippen LogP contribution in [0.4, 0.5) is 0 Å². The highest BCUT2D eigenvalue weighted by Gasteiger charge is 2.39. The number of aliphatic hydroxyl groups excluding tert-OH is 1. The highest BCUT2D eigenvalue weighted by molar-refractivity contribution is 5.61. The second kappa shape index (κ2) is 6.00. The zero-order chi connectivity index (χ0) is 14.7. The largest absolute Gasteiger partial charge is 0.394 e. The average Bonchev–Trinajstić information content (AvgIpc) is 3.16. The Balaban J connectivity index is 1.76. The number of rotatable bonds is 5. The van der Waals surface area contributed by atoms with Gasteiger partial charge in [0.1, 0.15) is 0 Å². The summed E-state index contributed by atoms with van der Waals surface area (Å²) in [5.74, 6) is 0. The van der Waals surface area contributed by atoms with Crippen molar-refractivity contribution in [3.05, 3.63) is 42.7 Å². The number of aromatic nitrogens is 2. The van der Waals surface area contributed by atoms with Gasteiger partial charge in [0.2, 0.25) is 0 Å². The first-order valence-electron chi connectivity index (χ1n) is 7.72. The molecule has 1 aromatic carbocycles. The number of hydrogen-bond acceptors (Lipinski definition) is 3. The van der Waals surface area contributed by atoms with E-state index in [1.807, 2.05) is 24.4 Å². The summed E-state index contributed by atoms with van der Waals surface area (Å²) in [6.07, 6.45) is 7.06. The van der Waals surface area contributed by atoms with E-state index in [4.69, 9.17) is 0 Å². The van der Waals surface area contributed by atoms with Gasteiger partial charge in [0, 0.05) is 17.3 Å². The number of aliphatic hydroxyl groups is 1. The standard InChI is InChI=1S/C17H23N3O/c1-2-18-17(13-21)9-8-16(10-17)20-12-15(11-19-20)14-6-4-3-5-7-14/h3-7,11-12,16,18,21H,2,8-10,13H2,1H3. The van der Waals surface area contributed by atoms with Gasteiger partial charge in [0.25, 0.3) is 0 Å². The zero-order valence-electron chi connectivity index (χ0n) is 12.5. The van der Waals surface area contributed by atoms with Crippen LogP contribution < -0.4 is 5.32 Å². The third kappa shape index (κ3) is 2.87. The minimum Gasteiger partial charge on any atom is -0.394 e. The molecule has 3 rings (SSSR count). The van der Waals surface area contributed by atoms with Gasteiger partial charge in [-0.3, -0.25) is 4.68 Å². The molecule has 2 atom stereocenters. The van der Waals surface area contributed by atoms with Crippen molar-refractivity contribution in [1.29, 1.82) is 0 Å². The molecule has 1 aliphatic rings. The normalized spacial score (nSPS) is 25.3. The third-order valence-corrected chi connectivity index (χ3v) is 4.52. The second-order valence-electron chi connectivity index (χ2n) is 5.94. The van der Waals surface area contributed by atoms with E-state index in [1.54, 1.807) is 0 Å². The molecule has 0 spiro atoms. The molecule has 112 valence electrons. The molecular weight excluding hydrogens is 262 g/mol. The lowest BCUT2D eigenvalue weighted by Gasteiger charge is -2.28. The van der Waals surface area contributed by atoms with E-state index in [2.05, 4.69) is 40.4 Å². The fourth-order valence-corrected chi connectivity index (χ4v) is 3.38. The van der Waals surface area contributed by atoms with Gasteiger partial charge in [-0.2, -0.15) is 5.10 Å². The molecule has 1 saturated carbocycles. The van der Waals surface area contributed by atoms with Gasteiger partial charge in [-0.05, 0) is 31.4 Å². The van der Waals surface area contributed by atoms with Gasteiger partial charge in [0.05, 0.1) is 18.8 Å². The van der Waals surface area contributed by atoms with E-state index < -0.39 is 0 Å². The van der Waals surface area contributed by atoms with E-state index in [0.29, 0.717) is 6.04 Å². The van der Waals surface area contributed by atoms with Crippen molar-refractivity contribution >= 4 is 0 Å². The molecule has 4 nitrogen and oxygen atoms in total. The Hall–Kier alpha value is -1.65. The van der Waals surface area contributed by atoms with Gasteiger partial charge in [-0.25, -0.2) is 0 Å². The summed E-state index contributed by atoms with van der Waals surface area (Å²) in [5, 5.41) is 17.7. The lowest BCUT2D eigenvalue weighted by atomic mass is 9.98. The Kier molecular flexibility index (Phi) is 4.08. The lowest BCUT2D eigenvalue weighted by molar-refractivity contribution is 0.162. The predicted molar refractivity (Wildman–Crippen MR) is 84.0 cm³/mol. The second-order valence-corrected chi connectivity index (χ2v) is 5.94. The molecule has 2 N–H and O–H groups in total. The van der Waals surface area contributed by atoms with Crippen LogP contribution in [-0.2, 0) is 0 Å². The summed E-state index contributed by atoms with van der Waals surface area (Å²) in [6.45, 7) is 3.18. The molecule has 0 aliphatic heterocycles. The fraction of sp³-hybridized carbons (Fsp3) is 0.471. The number of hydrogen-bond donors (Lipinski definition) is 2. The summed E-state index contributed by atoms with van der Waals surface area (Å²) in [7, 11) is 0. The van der Waals surface area contributed by atoms with Crippen LogP contribution in [0.1, 0.15) is 32.2 Å². The van der Waals surface area contributed by atoms with Crippen molar-refractivity contribution in [2.24, 2.45) is 0 Å². The molecule has 2 unspecified atom stereocenters. The molecule has 0 radical (unpaired) electrons. The first kappa shape index (κ1) is 14.3. The number of nitrogens with one attached hydrogen (secondary N) is 1. The van der Waals surface area contributed by atoms with Gasteiger partial charge >= 0.3 is 0 Å². The third-order valence-electron chi connectivity index (χ3n) is 4.52. The number of likely N-dealkylation sites (N-methyl/N-ethyl adjacent to an activating group) is 1. The van der Waals surface area contributed by atoms with Crippen molar-refractivity contribution in [2.75, 3.05) is 13.2 Å². The van der Waals surface area contributed by atoms with Crippen LogP contribution >= 0.6 is 0 Å². The van der Waals surface area contributed by atoms with E-state index >= 15 is 0 Å². The minimum absolute atomic E-state index is 0.127. The molecule has 2 aromatic rings. The van der Waals surface area contributed by atoms with Gasteiger partial charge in [-0.1, -0.05) is 37.3 Å². The summed E-state index contributed by atoms with van der Waals surface area (Å²) in [4.78, 5) is 0. The van der Waals surface area contributed by atoms with E-state index in [-0.39, 0.29) is 12.1 Å². The summed E-state index contributed by atoms with van der Waals surface area (Å²) in [6, 6.07) is 10.7. The Morgan fingerprint density at radius 3 is 2.86 bits per heavy atom. The molecule has 1 fully saturated rings. The average molecular weight is 285 g/mol. The van der Waals surface area contributed by atoms with Crippen LogP contribution in [0.15, 0.2) is 42.7 Å². The highest BCUT2D eigenvalue weighted by Crippen LogP contribution is 2.37. The van der Waals surface area contributed by atoms with Crippen molar-refractivity contribution in [1.82, 2.24) is 15.1 Å². The van der Waals surface area contributed by atoms with Crippen molar-refractivity contribution < 1.29 is 5.11 Å². The molecule has 1 aliphatic carbocycles. The zero-order valence-corrected chi connectivity index (χ0v) is 12.5. The number of nitrogens with zero attached hydrogens (tertiary/aromatic N) is 2. The van der Waals surface area contributed by atoms with Gasteiger partial charge < -0.3 is 10.4 Å². The molecule has 4 heteroatoms.